The Morgan fingerprint density at radius 2 is 1.88 bits per heavy atom. The summed E-state index contributed by atoms with van der Waals surface area (Å²) in [6.45, 7) is 3.75. The van der Waals surface area contributed by atoms with E-state index >= 15 is 0 Å². The van der Waals surface area contributed by atoms with Crippen molar-refractivity contribution in [1.29, 1.82) is 0 Å². The van der Waals surface area contributed by atoms with Gasteiger partial charge in [0.2, 0.25) is 0 Å². The summed E-state index contributed by atoms with van der Waals surface area (Å²) in [5, 5.41) is 9.10. The van der Waals surface area contributed by atoms with Crippen molar-refractivity contribution in [3.05, 3.63) is 29.8 Å². The Bertz CT molecular complexity index is 352. The minimum absolute atomic E-state index is 0.00882. The van der Waals surface area contributed by atoms with Crippen LogP contribution in [0.3, 0.4) is 0 Å². The zero-order valence-electron chi connectivity index (χ0n) is 9.99. The monoisotopic (exact) mass is 222 g/mol. The SMILES string of the molecule is COc1ccc(C(=O)CC(C)(C)CO)cc1. The van der Waals surface area contributed by atoms with Gasteiger partial charge in [-0.25, -0.2) is 0 Å². The highest BCUT2D eigenvalue weighted by atomic mass is 16.5. The van der Waals surface area contributed by atoms with Gasteiger partial charge in [-0.15, -0.1) is 0 Å². The molecule has 0 aliphatic carbocycles. The number of rotatable bonds is 5. The van der Waals surface area contributed by atoms with Gasteiger partial charge in [-0.1, -0.05) is 13.8 Å². The first-order chi connectivity index (χ1) is 7.48. The van der Waals surface area contributed by atoms with Gasteiger partial charge < -0.3 is 9.84 Å². The molecule has 1 aromatic carbocycles. The van der Waals surface area contributed by atoms with Crippen molar-refractivity contribution in [2.24, 2.45) is 5.41 Å². The van der Waals surface area contributed by atoms with Gasteiger partial charge in [0.15, 0.2) is 5.78 Å². The molecule has 1 N–H and O–H groups in total. The highest BCUT2D eigenvalue weighted by Crippen LogP contribution is 2.22. The third-order valence-electron chi connectivity index (χ3n) is 2.48. The number of aliphatic hydroxyl groups excluding tert-OH is 1. The highest BCUT2D eigenvalue weighted by molar-refractivity contribution is 5.96. The van der Waals surface area contributed by atoms with Gasteiger partial charge in [0.1, 0.15) is 5.75 Å². The normalized spacial score (nSPS) is 11.2. The van der Waals surface area contributed by atoms with Crippen LogP contribution in [0.4, 0.5) is 0 Å². The predicted molar refractivity (Wildman–Crippen MR) is 62.8 cm³/mol. The number of Topliss-reactive ketones (excluding diaryl/α,β-unsaturated/α-hetero) is 1. The maximum absolute atomic E-state index is 11.9. The molecule has 16 heavy (non-hydrogen) atoms. The van der Waals surface area contributed by atoms with E-state index in [4.69, 9.17) is 9.84 Å². The lowest BCUT2D eigenvalue weighted by atomic mass is 9.86. The smallest absolute Gasteiger partial charge is 0.163 e. The molecular formula is C13H18O3. The first-order valence-electron chi connectivity index (χ1n) is 5.26. The third kappa shape index (κ3) is 3.35. The Labute approximate surface area is 96.1 Å². The molecule has 0 atom stereocenters. The van der Waals surface area contributed by atoms with Crippen LogP contribution in [-0.2, 0) is 0 Å². The molecular weight excluding hydrogens is 204 g/mol. The number of carbonyl (C=O) groups is 1. The van der Waals surface area contributed by atoms with E-state index in [2.05, 4.69) is 0 Å². The van der Waals surface area contributed by atoms with E-state index in [1.165, 1.54) is 0 Å². The Hall–Kier alpha value is -1.35. The quantitative estimate of drug-likeness (QED) is 0.777. The van der Waals surface area contributed by atoms with Crippen molar-refractivity contribution in [3.63, 3.8) is 0 Å². The summed E-state index contributed by atoms with van der Waals surface area (Å²) < 4.78 is 5.02. The second-order valence-electron chi connectivity index (χ2n) is 4.65. The minimum Gasteiger partial charge on any atom is -0.497 e. The maximum atomic E-state index is 11.9. The van der Waals surface area contributed by atoms with Gasteiger partial charge in [-0.2, -0.15) is 0 Å². The van der Waals surface area contributed by atoms with Gasteiger partial charge in [0.25, 0.3) is 0 Å². The van der Waals surface area contributed by atoms with Gasteiger partial charge >= 0.3 is 0 Å². The van der Waals surface area contributed by atoms with E-state index in [1.54, 1.807) is 31.4 Å². The van der Waals surface area contributed by atoms with Gasteiger partial charge in [0.05, 0.1) is 7.11 Å². The molecule has 88 valence electrons. The van der Waals surface area contributed by atoms with E-state index in [9.17, 15) is 4.79 Å². The minimum atomic E-state index is -0.364. The standard InChI is InChI=1S/C13H18O3/c1-13(2,9-14)8-12(15)10-4-6-11(16-3)7-5-10/h4-7,14H,8-9H2,1-3H3. The first-order valence-corrected chi connectivity index (χ1v) is 5.26. The average Bonchev–Trinajstić information content (AvgIpc) is 2.28. The lowest BCUT2D eigenvalue weighted by Gasteiger charge is -2.20. The molecule has 0 amide bonds. The topological polar surface area (TPSA) is 46.5 Å². The molecule has 3 nitrogen and oxygen atoms in total. The van der Waals surface area contributed by atoms with E-state index in [0.717, 1.165) is 5.75 Å². The van der Waals surface area contributed by atoms with Crippen molar-refractivity contribution >= 4 is 5.78 Å². The molecule has 0 heterocycles. The first kappa shape index (κ1) is 12.7. The number of ketones is 1. The molecule has 0 unspecified atom stereocenters. The summed E-state index contributed by atoms with van der Waals surface area (Å²) in [4.78, 5) is 11.9. The van der Waals surface area contributed by atoms with E-state index in [1.807, 2.05) is 13.8 Å². The zero-order chi connectivity index (χ0) is 12.2. The number of hydrogen-bond donors (Lipinski definition) is 1. The molecule has 0 saturated heterocycles. The average molecular weight is 222 g/mol. The molecule has 0 saturated carbocycles. The summed E-state index contributed by atoms with van der Waals surface area (Å²) in [5.41, 5.74) is 0.291. The van der Waals surface area contributed by atoms with Crippen LogP contribution >= 0.6 is 0 Å². The molecule has 0 aliphatic heterocycles. The number of methoxy groups -OCH3 is 1. The molecule has 0 fully saturated rings. The van der Waals surface area contributed by atoms with Crippen LogP contribution in [0.5, 0.6) is 5.75 Å². The zero-order valence-corrected chi connectivity index (χ0v) is 9.99. The van der Waals surface area contributed by atoms with Crippen LogP contribution < -0.4 is 4.74 Å². The highest BCUT2D eigenvalue weighted by Gasteiger charge is 2.21. The van der Waals surface area contributed by atoms with E-state index < -0.39 is 0 Å². The summed E-state index contributed by atoms with van der Waals surface area (Å²) in [6, 6.07) is 7.02. The summed E-state index contributed by atoms with van der Waals surface area (Å²) in [6.07, 6.45) is 0.343. The number of aliphatic hydroxyl groups is 1. The summed E-state index contributed by atoms with van der Waals surface area (Å²) in [5.74, 6) is 0.777. The second-order valence-corrected chi connectivity index (χ2v) is 4.65. The molecule has 0 aliphatic rings. The van der Waals surface area contributed by atoms with E-state index in [0.29, 0.717) is 12.0 Å². The van der Waals surface area contributed by atoms with Gasteiger partial charge in [-0.3, -0.25) is 4.79 Å². The van der Waals surface area contributed by atoms with Crippen molar-refractivity contribution in [3.8, 4) is 5.75 Å². The van der Waals surface area contributed by atoms with Crippen molar-refractivity contribution < 1.29 is 14.6 Å². The van der Waals surface area contributed by atoms with Crippen LogP contribution in [-0.4, -0.2) is 24.6 Å². The summed E-state index contributed by atoms with van der Waals surface area (Å²) >= 11 is 0. The van der Waals surface area contributed by atoms with Gasteiger partial charge in [-0.05, 0) is 29.7 Å². The van der Waals surface area contributed by atoms with Crippen LogP contribution in [0.2, 0.25) is 0 Å². The molecule has 0 aromatic heterocycles. The fourth-order valence-corrected chi connectivity index (χ4v) is 1.37. The molecule has 1 aromatic rings. The molecule has 0 spiro atoms. The maximum Gasteiger partial charge on any atom is 0.163 e. The summed E-state index contributed by atoms with van der Waals surface area (Å²) in [7, 11) is 1.59. The Morgan fingerprint density at radius 3 is 2.31 bits per heavy atom. The van der Waals surface area contributed by atoms with Crippen LogP contribution in [0.1, 0.15) is 30.6 Å². The van der Waals surface area contributed by atoms with Crippen LogP contribution in [0.25, 0.3) is 0 Å². The lowest BCUT2D eigenvalue weighted by Crippen LogP contribution is -2.21. The predicted octanol–water partition coefficient (Wildman–Crippen LogP) is 2.29. The fraction of sp³-hybridized carbons (Fsp3) is 0.462. The van der Waals surface area contributed by atoms with Crippen LogP contribution in [0.15, 0.2) is 24.3 Å². The lowest BCUT2D eigenvalue weighted by molar-refractivity contribution is 0.0858. The molecule has 1 rings (SSSR count). The second kappa shape index (κ2) is 5.12. The molecule has 3 heteroatoms. The number of benzene rings is 1. The van der Waals surface area contributed by atoms with Crippen LogP contribution in [0, 0.1) is 5.41 Å². The van der Waals surface area contributed by atoms with Crippen molar-refractivity contribution in [1.82, 2.24) is 0 Å². The largest absolute Gasteiger partial charge is 0.497 e. The fourth-order valence-electron chi connectivity index (χ4n) is 1.37. The Morgan fingerprint density at radius 1 is 1.31 bits per heavy atom. The Balaban J connectivity index is 2.73. The molecule has 0 bridgehead atoms. The number of ether oxygens (including phenoxy) is 1. The third-order valence-corrected chi connectivity index (χ3v) is 2.48. The number of carbonyl (C=O) groups excluding carboxylic acids is 1. The number of hydrogen-bond acceptors (Lipinski definition) is 3. The Kier molecular flexibility index (Phi) is 4.07. The van der Waals surface area contributed by atoms with Crippen molar-refractivity contribution in [2.45, 2.75) is 20.3 Å². The molecule has 0 radical (unpaired) electrons. The van der Waals surface area contributed by atoms with Gasteiger partial charge in [0, 0.05) is 18.6 Å². The van der Waals surface area contributed by atoms with E-state index in [-0.39, 0.29) is 17.8 Å². The van der Waals surface area contributed by atoms with Crippen molar-refractivity contribution in [2.75, 3.05) is 13.7 Å².